The van der Waals surface area contributed by atoms with Crippen LogP contribution in [0.15, 0.2) is 97.1 Å². The molecule has 1 heteroatoms. The molecule has 4 aromatic carbocycles. The van der Waals surface area contributed by atoms with Crippen LogP contribution in [0.2, 0.25) is 0 Å². The second-order valence-corrected chi connectivity index (χ2v) is 10.4. The Morgan fingerprint density at radius 1 is 0.738 bits per heavy atom. The normalized spacial score (nSPS) is 11.2. The molecule has 2 aliphatic rings. The third-order valence-electron chi connectivity index (χ3n) is 6.89. The van der Waals surface area contributed by atoms with Gasteiger partial charge in [0, 0.05) is 0 Å². The van der Waals surface area contributed by atoms with E-state index >= 15 is 0 Å². The van der Waals surface area contributed by atoms with Crippen molar-refractivity contribution in [1.29, 1.82) is 0 Å². The van der Waals surface area contributed by atoms with Gasteiger partial charge >= 0.3 is 28.4 Å². The molecule has 218 valence electrons. The Balaban J connectivity index is 0.000000203. The molecule has 4 aromatic rings. The van der Waals surface area contributed by atoms with Crippen molar-refractivity contribution in [3.05, 3.63) is 155 Å². The van der Waals surface area contributed by atoms with Gasteiger partial charge < -0.3 is 0 Å². The van der Waals surface area contributed by atoms with Gasteiger partial charge in [0.2, 0.25) is 0 Å². The molecular weight excluding hydrogens is 584 g/mol. The molecule has 0 saturated carbocycles. The predicted molar refractivity (Wildman–Crippen MR) is 179 cm³/mol. The van der Waals surface area contributed by atoms with Gasteiger partial charge in [-0.2, -0.15) is 102 Å². The summed E-state index contributed by atoms with van der Waals surface area (Å²) in [5, 5.41) is 0. The van der Waals surface area contributed by atoms with Crippen LogP contribution in [0.1, 0.15) is 79.3 Å². The van der Waals surface area contributed by atoms with E-state index in [1.807, 2.05) is 36.4 Å². The summed E-state index contributed by atoms with van der Waals surface area (Å²) in [5.41, 5.74) is 11.0. The maximum atomic E-state index is 3.45. The number of fused-ring (bicyclic) bond motifs is 3. The van der Waals surface area contributed by atoms with Gasteiger partial charge in [0.05, 0.1) is 0 Å². The summed E-state index contributed by atoms with van der Waals surface area (Å²) in [7, 11) is 0. The van der Waals surface area contributed by atoms with Crippen LogP contribution in [0.3, 0.4) is 0 Å². The van der Waals surface area contributed by atoms with Gasteiger partial charge in [0.1, 0.15) is 0 Å². The van der Waals surface area contributed by atoms with E-state index in [9.17, 15) is 0 Å². The number of rotatable bonds is 6. The van der Waals surface area contributed by atoms with Crippen LogP contribution in [-0.4, -0.2) is 4.21 Å². The van der Waals surface area contributed by atoms with Gasteiger partial charge in [0.25, 0.3) is 0 Å². The molecule has 0 N–H and O–H groups in total. The van der Waals surface area contributed by atoms with Crippen molar-refractivity contribution in [2.75, 3.05) is 0 Å². The van der Waals surface area contributed by atoms with Gasteiger partial charge in [0.15, 0.2) is 0 Å². The second kappa shape index (κ2) is 21.8. The number of unbranched alkanes of at least 4 members (excludes halogenated alkanes) is 2. The summed E-state index contributed by atoms with van der Waals surface area (Å²) in [5.74, 6) is 0. The zero-order valence-electron chi connectivity index (χ0n) is 26.1. The first-order chi connectivity index (χ1) is 20.6. The quantitative estimate of drug-likeness (QED) is 0.164. The van der Waals surface area contributed by atoms with Crippen molar-refractivity contribution in [2.45, 2.75) is 79.1 Å². The van der Waals surface area contributed by atoms with Gasteiger partial charge in [-0.1, -0.05) is 88.6 Å². The molecule has 0 heterocycles. The second-order valence-electron chi connectivity index (χ2n) is 10.4. The number of hydrogen-bond acceptors (Lipinski definition) is 0. The van der Waals surface area contributed by atoms with E-state index < -0.39 is 0 Å². The number of aryl methyl sites for hydroxylation is 4. The molecular formula is C41H46Zr-4. The number of hydrogen-bond donors (Lipinski definition) is 0. The molecule has 2 aliphatic carbocycles. The van der Waals surface area contributed by atoms with E-state index in [4.69, 9.17) is 0 Å². The molecule has 42 heavy (non-hydrogen) atoms. The molecule has 0 saturated heterocycles. The summed E-state index contributed by atoms with van der Waals surface area (Å²) in [6, 6.07) is 37.0. The van der Waals surface area contributed by atoms with Crippen LogP contribution in [0.4, 0.5) is 0 Å². The molecule has 6 rings (SSSR count). The molecule has 0 fully saturated rings. The SMILES string of the molecule is CCCCc1cc[c-]cc1.CCCCc1cc[c-]cc1.Cc1[c-]c2c(cc1)-c1ccc(C)cc1C2.[C-]1=CC=CC1.[CH2]=[Zr]. The monoisotopic (exact) mass is 628 g/mol. The van der Waals surface area contributed by atoms with E-state index in [-0.39, 0.29) is 0 Å². The van der Waals surface area contributed by atoms with Crippen molar-refractivity contribution in [1.82, 2.24) is 0 Å². The average Bonchev–Trinajstić information content (AvgIpc) is 3.73. The number of allylic oxidation sites excluding steroid dienone is 4. The first-order valence-electron chi connectivity index (χ1n) is 15.2. The molecule has 0 aliphatic heterocycles. The fourth-order valence-corrected chi connectivity index (χ4v) is 4.65. The molecule has 0 aromatic heterocycles. The zero-order chi connectivity index (χ0) is 30.4. The standard InChI is InChI=1S/C15H13.2C10H13.C5H5.CH2.Zr/c1-10-3-5-14-12(7-10)9-13-8-11(2)4-6-15(13)14;2*1-2-3-7-10-8-5-4-6-9-10;1-2-4-5-3-1;;/h3-7H,9H2,1-2H3;2*5-6,8-9H,2-3,7H2,1H3;1-3H,4H2;1H2;/q4*-1;;. The van der Waals surface area contributed by atoms with Crippen molar-refractivity contribution in [3.8, 4) is 11.1 Å². The van der Waals surface area contributed by atoms with E-state index in [0.717, 1.165) is 12.8 Å². The van der Waals surface area contributed by atoms with Gasteiger partial charge in [-0.05, 0) is 18.9 Å². The number of benzene rings is 4. The van der Waals surface area contributed by atoms with Gasteiger partial charge in [-0.3, -0.25) is 6.08 Å². The molecule has 0 atom stereocenters. The summed E-state index contributed by atoms with van der Waals surface area (Å²) < 4.78 is 3.34. The molecule has 0 radical (unpaired) electrons. The Morgan fingerprint density at radius 3 is 1.79 bits per heavy atom. The molecule has 0 spiro atoms. The van der Waals surface area contributed by atoms with Gasteiger partial charge in [-0.25, -0.2) is 12.2 Å². The molecule has 0 bridgehead atoms. The Labute approximate surface area is 272 Å². The van der Waals surface area contributed by atoms with E-state index in [2.05, 4.69) is 117 Å². The minimum atomic E-state index is 1.01. The fourth-order valence-electron chi connectivity index (χ4n) is 4.65. The Morgan fingerprint density at radius 2 is 1.31 bits per heavy atom. The Bertz CT molecular complexity index is 1230. The van der Waals surface area contributed by atoms with Crippen molar-refractivity contribution < 1.29 is 24.2 Å². The average molecular weight is 630 g/mol. The third kappa shape index (κ3) is 13.4. The fraction of sp³-hybridized carbons (Fsp3) is 0.293. The van der Waals surface area contributed by atoms with Crippen LogP contribution >= 0.6 is 0 Å². The maximum absolute atomic E-state index is 3.45. The van der Waals surface area contributed by atoms with E-state index in [1.165, 1.54) is 107 Å². The summed E-state index contributed by atoms with van der Waals surface area (Å²) >= 11 is 1.30. The molecule has 0 unspecified atom stereocenters. The Hall–Kier alpha value is -2.89. The zero-order valence-corrected chi connectivity index (χ0v) is 28.6. The van der Waals surface area contributed by atoms with Crippen molar-refractivity contribution in [2.24, 2.45) is 0 Å². The van der Waals surface area contributed by atoms with Crippen LogP contribution in [-0.2, 0) is 43.5 Å². The van der Waals surface area contributed by atoms with Crippen molar-refractivity contribution in [3.63, 3.8) is 0 Å². The predicted octanol–water partition coefficient (Wildman–Crippen LogP) is 10.6. The molecule has 0 nitrogen and oxygen atoms in total. The minimum absolute atomic E-state index is 1.01. The summed E-state index contributed by atoms with van der Waals surface area (Å²) in [4.78, 5) is 0. The third-order valence-corrected chi connectivity index (χ3v) is 6.89. The van der Waals surface area contributed by atoms with Crippen molar-refractivity contribution >= 4 is 4.21 Å². The van der Waals surface area contributed by atoms with Crippen LogP contribution in [0, 0.1) is 38.1 Å². The summed E-state index contributed by atoms with van der Waals surface area (Å²) in [6.45, 7) is 8.69. The first kappa shape index (κ1) is 35.3. The van der Waals surface area contributed by atoms with Gasteiger partial charge in [-0.15, -0.1) is 17.5 Å². The first-order valence-corrected chi connectivity index (χ1v) is 16.9. The van der Waals surface area contributed by atoms with Crippen LogP contribution in [0.5, 0.6) is 0 Å². The van der Waals surface area contributed by atoms with Crippen LogP contribution in [0.25, 0.3) is 11.1 Å². The molecule has 0 amide bonds. The Kier molecular flexibility index (Phi) is 18.3. The van der Waals surface area contributed by atoms with Crippen LogP contribution < -0.4 is 0 Å². The van der Waals surface area contributed by atoms with E-state index in [1.54, 1.807) is 0 Å². The topological polar surface area (TPSA) is 0 Å². The van der Waals surface area contributed by atoms with E-state index in [0.29, 0.717) is 0 Å². The summed E-state index contributed by atoms with van der Waals surface area (Å²) in [6.07, 6.45) is 18.6.